The Hall–Kier alpha value is -1.40. The summed E-state index contributed by atoms with van der Waals surface area (Å²) in [5, 5.41) is 0. The molecule has 2 aromatic rings. The van der Waals surface area contributed by atoms with Crippen LogP contribution in [-0.4, -0.2) is 11.2 Å². The molecule has 2 nitrogen and oxygen atoms in total. The molecule has 1 atom stereocenters. The number of benzene rings is 1. The highest BCUT2D eigenvalue weighted by Crippen LogP contribution is 2.14. The lowest BCUT2D eigenvalue weighted by Gasteiger charge is -1.89. The van der Waals surface area contributed by atoms with Gasteiger partial charge in [-0.05, 0) is 24.9 Å². The quantitative estimate of drug-likeness (QED) is 0.686. The predicted molar refractivity (Wildman–Crippen MR) is 62.2 cm³/mol. The molecule has 0 aliphatic heterocycles. The lowest BCUT2D eigenvalue weighted by atomic mass is 10.3. The third kappa shape index (κ3) is 2.30. The molecule has 14 heavy (non-hydrogen) atoms. The fourth-order valence-electron chi connectivity index (χ4n) is 1.15. The van der Waals surface area contributed by atoms with E-state index in [0.717, 1.165) is 16.8 Å². The molecule has 0 saturated heterocycles. The van der Waals surface area contributed by atoms with Crippen LogP contribution < -0.4 is 0 Å². The zero-order valence-corrected chi connectivity index (χ0v) is 8.94. The van der Waals surface area contributed by atoms with Gasteiger partial charge in [0.2, 0.25) is 0 Å². The summed E-state index contributed by atoms with van der Waals surface area (Å²) in [5.74, 6) is 2.13. The summed E-state index contributed by atoms with van der Waals surface area (Å²) < 4.78 is 0. The van der Waals surface area contributed by atoms with E-state index in [1.165, 1.54) is 0 Å². The Kier molecular flexibility index (Phi) is 2.76. The van der Waals surface area contributed by atoms with Gasteiger partial charge in [-0.25, -0.2) is 4.98 Å². The highest BCUT2D eigenvalue weighted by atomic mass is 31.0. The Labute approximate surface area is 84.8 Å². The molecule has 0 saturated carbocycles. The molecule has 0 amide bonds. The molecule has 70 valence electrons. The summed E-state index contributed by atoms with van der Waals surface area (Å²) in [6, 6.07) is 9.91. The van der Waals surface area contributed by atoms with Gasteiger partial charge in [0, 0.05) is 5.69 Å². The zero-order valence-electron chi connectivity index (χ0n) is 7.94. The fraction of sp³-hybridized carbons (Fsp3) is 0.0909. The summed E-state index contributed by atoms with van der Waals surface area (Å²) in [6.07, 6.45) is 1.85. The number of hydrogen-bond acceptors (Lipinski definition) is 2. The molecule has 0 spiro atoms. The van der Waals surface area contributed by atoms with E-state index in [9.17, 15) is 0 Å². The summed E-state index contributed by atoms with van der Waals surface area (Å²) in [7, 11) is 0.670. The lowest BCUT2D eigenvalue weighted by Crippen LogP contribution is -1.77. The SMILES string of the molecule is Cc1c[pH]c(C=Nc2ccccc2)n1. The van der Waals surface area contributed by atoms with Crippen molar-refractivity contribution in [3.8, 4) is 0 Å². The van der Waals surface area contributed by atoms with Crippen molar-refractivity contribution in [3.63, 3.8) is 0 Å². The number of para-hydroxylation sites is 1. The Morgan fingerprint density at radius 1 is 1.29 bits per heavy atom. The number of hydrogen-bond donors (Lipinski definition) is 0. The van der Waals surface area contributed by atoms with Gasteiger partial charge in [-0.2, -0.15) is 0 Å². The highest BCUT2D eigenvalue weighted by molar-refractivity contribution is 7.31. The van der Waals surface area contributed by atoms with Crippen LogP contribution >= 0.6 is 8.19 Å². The van der Waals surface area contributed by atoms with Gasteiger partial charge in [-0.15, -0.1) is 8.19 Å². The van der Waals surface area contributed by atoms with Gasteiger partial charge in [-0.3, -0.25) is 4.99 Å². The molecule has 3 heteroatoms. The van der Waals surface area contributed by atoms with Gasteiger partial charge in [0.05, 0.1) is 17.3 Å². The monoisotopic (exact) mass is 202 g/mol. The second-order valence-electron chi connectivity index (χ2n) is 3.02. The molecule has 0 bridgehead atoms. The maximum Gasteiger partial charge on any atom is 0.0972 e. The zero-order chi connectivity index (χ0) is 9.80. The molecule has 0 aliphatic rings. The van der Waals surface area contributed by atoms with Crippen LogP contribution in [0.25, 0.3) is 0 Å². The van der Waals surface area contributed by atoms with Crippen molar-refractivity contribution in [1.82, 2.24) is 4.98 Å². The van der Waals surface area contributed by atoms with E-state index in [0.29, 0.717) is 8.19 Å². The number of aliphatic imine (C=N–C) groups is 1. The van der Waals surface area contributed by atoms with Crippen LogP contribution in [0.5, 0.6) is 0 Å². The first-order valence-electron chi connectivity index (χ1n) is 4.46. The maximum absolute atomic E-state index is 4.34. The average molecular weight is 202 g/mol. The van der Waals surface area contributed by atoms with Crippen LogP contribution in [0.4, 0.5) is 5.69 Å². The Morgan fingerprint density at radius 2 is 2.07 bits per heavy atom. The van der Waals surface area contributed by atoms with Crippen LogP contribution in [0.15, 0.2) is 41.1 Å². The Balaban J connectivity index is 2.15. The molecule has 1 unspecified atom stereocenters. The third-order valence-electron chi connectivity index (χ3n) is 1.82. The Bertz CT molecular complexity index is 432. The number of nitrogens with zero attached hydrogens (tertiary/aromatic N) is 2. The third-order valence-corrected chi connectivity index (χ3v) is 2.92. The minimum atomic E-state index is 0.670. The molecule has 0 aliphatic carbocycles. The van der Waals surface area contributed by atoms with Crippen LogP contribution in [0.3, 0.4) is 0 Å². The first-order chi connectivity index (χ1) is 6.84. The van der Waals surface area contributed by atoms with E-state index in [1.54, 1.807) is 0 Å². The minimum Gasteiger partial charge on any atom is -0.254 e. The van der Waals surface area contributed by atoms with E-state index < -0.39 is 0 Å². The lowest BCUT2D eigenvalue weighted by molar-refractivity contribution is 1.25. The van der Waals surface area contributed by atoms with Crippen molar-refractivity contribution in [1.29, 1.82) is 0 Å². The first kappa shape index (κ1) is 9.17. The summed E-state index contributed by atoms with van der Waals surface area (Å²) in [6.45, 7) is 2.01. The molecular weight excluding hydrogens is 191 g/mol. The molecule has 2 rings (SSSR count). The van der Waals surface area contributed by atoms with E-state index in [4.69, 9.17) is 0 Å². The molecule has 0 N–H and O–H groups in total. The van der Waals surface area contributed by atoms with E-state index in [1.807, 2.05) is 43.5 Å². The van der Waals surface area contributed by atoms with Crippen LogP contribution in [0.2, 0.25) is 0 Å². The minimum absolute atomic E-state index is 0.670. The highest BCUT2D eigenvalue weighted by Gasteiger charge is 1.91. The van der Waals surface area contributed by atoms with Crippen LogP contribution in [-0.2, 0) is 0 Å². The van der Waals surface area contributed by atoms with Crippen molar-refractivity contribution in [2.75, 3.05) is 0 Å². The van der Waals surface area contributed by atoms with Crippen molar-refractivity contribution < 1.29 is 0 Å². The molecule has 0 radical (unpaired) electrons. The number of aromatic nitrogens is 1. The number of aryl methyl sites for hydroxylation is 1. The van der Waals surface area contributed by atoms with Crippen molar-refractivity contribution in [2.45, 2.75) is 6.92 Å². The molecule has 1 aromatic carbocycles. The van der Waals surface area contributed by atoms with Gasteiger partial charge in [0.1, 0.15) is 0 Å². The van der Waals surface area contributed by atoms with E-state index in [2.05, 4.69) is 15.8 Å². The van der Waals surface area contributed by atoms with E-state index in [-0.39, 0.29) is 0 Å². The standard InChI is InChI=1S/C11H11N2P/c1-9-8-14-11(13-9)7-12-10-5-3-2-4-6-10/h2-8,14H,1H3. The fourth-order valence-corrected chi connectivity index (χ4v) is 1.95. The van der Waals surface area contributed by atoms with Gasteiger partial charge in [0.25, 0.3) is 0 Å². The van der Waals surface area contributed by atoms with Crippen LogP contribution in [0, 0.1) is 6.92 Å². The van der Waals surface area contributed by atoms with E-state index >= 15 is 0 Å². The molecule has 0 fully saturated rings. The normalized spacial score (nSPS) is 11.5. The first-order valence-corrected chi connectivity index (χ1v) is 5.53. The van der Waals surface area contributed by atoms with Gasteiger partial charge in [0.15, 0.2) is 0 Å². The van der Waals surface area contributed by atoms with Crippen molar-refractivity contribution in [3.05, 3.63) is 47.2 Å². The smallest absolute Gasteiger partial charge is 0.0972 e. The largest absolute Gasteiger partial charge is 0.254 e. The summed E-state index contributed by atoms with van der Waals surface area (Å²) in [4.78, 5) is 8.68. The maximum atomic E-state index is 4.34. The predicted octanol–water partition coefficient (Wildman–Crippen LogP) is 3.17. The Morgan fingerprint density at radius 3 is 2.71 bits per heavy atom. The second kappa shape index (κ2) is 4.21. The number of rotatable bonds is 2. The molecular formula is C11H11N2P. The topological polar surface area (TPSA) is 25.2 Å². The van der Waals surface area contributed by atoms with Gasteiger partial charge >= 0.3 is 0 Å². The summed E-state index contributed by atoms with van der Waals surface area (Å²) >= 11 is 0. The van der Waals surface area contributed by atoms with Gasteiger partial charge < -0.3 is 0 Å². The average Bonchev–Trinajstić information content (AvgIpc) is 2.63. The van der Waals surface area contributed by atoms with Crippen molar-refractivity contribution in [2.24, 2.45) is 4.99 Å². The van der Waals surface area contributed by atoms with Crippen molar-refractivity contribution >= 4 is 20.1 Å². The van der Waals surface area contributed by atoms with Gasteiger partial charge in [-0.1, -0.05) is 18.2 Å². The second-order valence-corrected chi connectivity index (χ2v) is 4.11. The summed E-state index contributed by atoms with van der Waals surface area (Å²) in [5.41, 5.74) is 3.13. The molecule has 1 aromatic heterocycles. The molecule has 1 heterocycles. The van der Waals surface area contributed by atoms with Crippen LogP contribution in [0.1, 0.15) is 11.1 Å².